The number of hydrazone groups is 1. The first kappa shape index (κ1) is 16.2. The largest absolute Gasteiger partial charge is 0.284 e. The maximum absolute atomic E-state index is 12.7. The highest BCUT2D eigenvalue weighted by molar-refractivity contribution is 6.41. The molecule has 1 aliphatic heterocycles. The molecule has 1 aliphatic rings. The average molecular weight is 322 g/mol. The van der Waals surface area contributed by atoms with Gasteiger partial charge in [0.1, 0.15) is 5.71 Å². The highest BCUT2D eigenvalue weighted by atomic mass is 16.2. The van der Waals surface area contributed by atoms with Gasteiger partial charge in [-0.05, 0) is 24.1 Å². The summed E-state index contributed by atoms with van der Waals surface area (Å²) in [5.74, 6) is 0.0304. The number of nitrogens with one attached hydrogen (secondary N) is 1. The summed E-state index contributed by atoms with van der Waals surface area (Å²) in [5.41, 5.74) is 5.68. The van der Waals surface area contributed by atoms with E-state index < -0.39 is 0 Å². The Morgan fingerprint density at radius 2 is 1.71 bits per heavy atom. The molecule has 0 aliphatic carbocycles. The molecule has 2 aromatic carbocycles. The van der Waals surface area contributed by atoms with Crippen LogP contribution in [0.2, 0.25) is 0 Å². The number of benzene rings is 2. The van der Waals surface area contributed by atoms with Crippen LogP contribution in [0.5, 0.6) is 0 Å². The minimum Gasteiger partial charge on any atom is -0.278 e. The Labute approximate surface area is 142 Å². The number of rotatable bonds is 5. The van der Waals surface area contributed by atoms with Gasteiger partial charge in [0.25, 0.3) is 5.91 Å². The van der Waals surface area contributed by atoms with Crippen LogP contribution in [0.15, 0.2) is 65.8 Å². The quantitative estimate of drug-likeness (QED) is 0.861. The summed E-state index contributed by atoms with van der Waals surface area (Å²) in [7, 11) is 3.76. The van der Waals surface area contributed by atoms with Crippen LogP contribution in [-0.2, 0) is 11.2 Å². The van der Waals surface area contributed by atoms with E-state index in [4.69, 9.17) is 0 Å². The summed E-state index contributed by atoms with van der Waals surface area (Å²) in [6.07, 6.45) is 0.798. The van der Waals surface area contributed by atoms with Crippen molar-refractivity contribution in [3.63, 3.8) is 0 Å². The second kappa shape index (κ2) is 7.27. The lowest BCUT2D eigenvalue weighted by molar-refractivity contribution is -0.134. The van der Waals surface area contributed by atoms with Crippen molar-refractivity contribution < 1.29 is 4.79 Å². The molecular formula is C19H22N4O. The van der Waals surface area contributed by atoms with Gasteiger partial charge in [0.2, 0.25) is 0 Å². The smallest absolute Gasteiger partial charge is 0.278 e. The SMILES string of the molecule is CN(C)N1C[C@@H](Cc2ccccc2)/C(=N/Nc2ccccc2)C1=O. The van der Waals surface area contributed by atoms with Gasteiger partial charge < -0.3 is 0 Å². The highest BCUT2D eigenvalue weighted by Crippen LogP contribution is 2.21. The number of carbonyl (C=O) groups is 1. The monoisotopic (exact) mass is 322 g/mol. The van der Waals surface area contributed by atoms with Crippen LogP contribution in [0.1, 0.15) is 5.56 Å². The highest BCUT2D eigenvalue weighted by Gasteiger charge is 2.38. The van der Waals surface area contributed by atoms with E-state index in [1.165, 1.54) is 5.56 Å². The fourth-order valence-corrected chi connectivity index (χ4v) is 2.87. The number of amides is 1. The number of nitrogens with zero attached hydrogens (tertiary/aromatic N) is 3. The molecule has 3 rings (SSSR count). The Hall–Kier alpha value is -2.66. The van der Waals surface area contributed by atoms with Crippen LogP contribution in [0.25, 0.3) is 0 Å². The molecule has 5 nitrogen and oxygen atoms in total. The number of hydrogen-bond acceptors (Lipinski definition) is 4. The number of hydrazine groups is 1. The molecule has 1 amide bonds. The van der Waals surface area contributed by atoms with Crippen molar-refractivity contribution in [3.05, 3.63) is 66.2 Å². The van der Waals surface area contributed by atoms with Crippen LogP contribution in [-0.4, -0.2) is 42.3 Å². The molecule has 0 unspecified atom stereocenters. The Balaban J connectivity index is 1.82. The third-order valence-corrected chi connectivity index (χ3v) is 4.12. The van der Waals surface area contributed by atoms with Gasteiger partial charge in [-0.2, -0.15) is 5.10 Å². The first-order valence-corrected chi connectivity index (χ1v) is 8.07. The molecule has 0 bridgehead atoms. The molecular weight excluding hydrogens is 300 g/mol. The number of para-hydroxylation sites is 1. The third kappa shape index (κ3) is 3.63. The van der Waals surface area contributed by atoms with Crippen molar-refractivity contribution in [2.75, 3.05) is 26.1 Å². The van der Waals surface area contributed by atoms with Gasteiger partial charge in [0, 0.05) is 26.6 Å². The Morgan fingerprint density at radius 3 is 2.33 bits per heavy atom. The van der Waals surface area contributed by atoms with Gasteiger partial charge in [-0.25, -0.2) is 5.01 Å². The molecule has 124 valence electrons. The number of carbonyl (C=O) groups excluding carboxylic acids is 1. The predicted octanol–water partition coefficient (Wildman–Crippen LogP) is 2.63. The van der Waals surface area contributed by atoms with Crippen LogP contribution >= 0.6 is 0 Å². The average Bonchev–Trinajstić information content (AvgIpc) is 2.91. The molecule has 1 N–H and O–H groups in total. The summed E-state index contributed by atoms with van der Waals surface area (Å²) in [6, 6.07) is 19.9. The van der Waals surface area contributed by atoms with Crippen molar-refractivity contribution in [3.8, 4) is 0 Å². The van der Waals surface area contributed by atoms with Crippen LogP contribution < -0.4 is 5.43 Å². The maximum atomic E-state index is 12.7. The summed E-state index contributed by atoms with van der Waals surface area (Å²) in [5, 5.41) is 7.99. The minimum absolute atomic E-state index is 0.0376. The summed E-state index contributed by atoms with van der Waals surface area (Å²) >= 11 is 0. The zero-order valence-electron chi connectivity index (χ0n) is 14.0. The summed E-state index contributed by atoms with van der Waals surface area (Å²) in [4.78, 5) is 12.7. The van der Waals surface area contributed by atoms with E-state index in [1.54, 1.807) is 5.01 Å². The van der Waals surface area contributed by atoms with E-state index in [0.717, 1.165) is 12.1 Å². The van der Waals surface area contributed by atoms with Crippen LogP contribution in [0.3, 0.4) is 0 Å². The van der Waals surface area contributed by atoms with E-state index in [9.17, 15) is 4.79 Å². The van der Waals surface area contributed by atoms with E-state index in [0.29, 0.717) is 12.3 Å². The first-order valence-electron chi connectivity index (χ1n) is 8.07. The second-order valence-electron chi connectivity index (χ2n) is 6.10. The van der Waals surface area contributed by atoms with Gasteiger partial charge >= 0.3 is 0 Å². The fourth-order valence-electron chi connectivity index (χ4n) is 2.87. The molecule has 24 heavy (non-hydrogen) atoms. The molecule has 0 saturated carbocycles. The van der Waals surface area contributed by atoms with E-state index >= 15 is 0 Å². The van der Waals surface area contributed by atoms with E-state index in [1.807, 2.05) is 67.6 Å². The van der Waals surface area contributed by atoms with E-state index in [2.05, 4.69) is 22.7 Å². The predicted molar refractivity (Wildman–Crippen MR) is 96.5 cm³/mol. The molecule has 2 aromatic rings. The summed E-state index contributed by atoms with van der Waals surface area (Å²) in [6.45, 7) is 0.649. The Kier molecular flexibility index (Phi) is 4.91. The van der Waals surface area contributed by atoms with Gasteiger partial charge in [0.15, 0.2) is 0 Å². The molecule has 1 atom stereocenters. The lowest BCUT2D eigenvalue weighted by Gasteiger charge is -2.23. The van der Waals surface area contributed by atoms with Crippen molar-refractivity contribution in [1.82, 2.24) is 10.0 Å². The molecule has 0 spiro atoms. The Bertz CT molecular complexity index is 713. The summed E-state index contributed by atoms with van der Waals surface area (Å²) < 4.78 is 0. The number of anilines is 1. The van der Waals surface area contributed by atoms with Crippen LogP contribution in [0.4, 0.5) is 5.69 Å². The normalized spacial score (nSPS) is 19.3. The topological polar surface area (TPSA) is 47.9 Å². The van der Waals surface area contributed by atoms with Crippen molar-refractivity contribution in [1.29, 1.82) is 0 Å². The zero-order valence-corrected chi connectivity index (χ0v) is 14.0. The molecule has 1 heterocycles. The van der Waals surface area contributed by atoms with Crippen molar-refractivity contribution >= 4 is 17.3 Å². The molecule has 1 fully saturated rings. The lowest BCUT2D eigenvalue weighted by atomic mass is 9.97. The van der Waals surface area contributed by atoms with Gasteiger partial charge in [-0.3, -0.25) is 15.2 Å². The van der Waals surface area contributed by atoms with Crippen molar-refractivity contribution in [2.24, 2.45) is 11.0 Å². The van der Waals surface area contributed by atoms with Gasteiger partial charge in [0.05, 0.1) is 5.69 Å². The van der Waals surface area contributed by atoms with E-state index in [-0.39, 0.29) is 11.8 Å². The lowest BCUT2D eigenvalue weighted by Crippen LogP contribution is -2.39. The Morgan fingerprint density at radius 1 is 1.08 bits per heavy atom. The standard InChI is InChI=1S/C19H22N4O/c1-22(2)23-14-16(13-15-9-5-3-6-10-15)18(19(23)24)21-20-17-11-7-4-8-12-17/h3-12,16,20H,13-14H2,1-2H3/b21-18-/t16-/m1/s1. The van der Waals surface area contributed by atoms with Gasteiger partial charge in [-0.15, -0.1) is 0 Å². The van der Waals surface area contributed by atoms with Crippen LogP contribution in [0, 0.1) is 5.92 Å². The maximum Gasteiger partial charge on any atom is 0.284 e. The third-order valence-electron chi connectivity index (χ3n) is 4.12. The van der Waals surface area contributed by atoms with Crippen molar-refractivity contribution in [2.45, 2.75) is 6.42 Å². The first-order chi connectivity index (χ1) is 11.6. The zero-order chi connectivity index (χ0) is 16.9. The molecule has 0 radical (unpaired) electrons. The second-order valence-corrected chi connectivity index (χ2v) is 6.10. The minimum atomic E-state index is -0.0376. The fraction of sp³-hybridized carbons (Fsp3) is 0.263. The molecule has 0 aromatic heterocycles. The molecule has 1 saturated heterocycles. The number of hydrogen-bond donors (Lipinski definition) is 1. The molecule has 5 heteroatoms. The van der Waals surface area contributed by atoms with Gasteiger partial charge in [-0.1, -0.05) is 48.5 Å².